The van der Waals surface area contributed by atoms with Crippen LogP contribution < -0.4 is 20.5 Å². The lowest BCUT2D eigenvalue weighted by atomic mass is 9.85. The van der Waals surface area contributed by atoms with Crippen molar-refractivity contribution in [2.45, 2.75) is 19.3 Å². The van der Waals surface area contributed by atoms with Gasteiger partial charge in [-0.1, -0.05) is 32.0 Å². The number of amides is 1. The molecule has 8 nitrogen and oxygen atoms in total. The third kappa shape index (κ3) is 6.03. The molecule has 0 saturated carbocycles. The fraction of sp³-hybridized carbons (Fsp3) is 0.214. The molecule has 3 aromatic carbocycles. The van der Waals surface area contributed by atoms with E-state index in [-0.39, 0.29) is 11.3 Å². The van der Waals surface area contributed by atoms with Crippen molar-refractivity contribution in [3.05, 3.63) is 89.6 Å². The van der Waals surface area contributed by atoms with E-state index in [1.54, 1.807) is 49.7 Å². The molecule has 1 heterocycles. The number of carboxylic acids is 1. The van der Waals surface area contributed by atoms with Crippen LogP contribution in [0.5, 0.6) is 11.5 Å². The molecule has 0 spiro atoms. The number of rotatable bonds is 7. The Balaban J connectivity index is 0.000000249. The Bertz CT molecular complexity index is 1340. The quantitative estimate of drug-likeness (QED) is 0.287. The van der Waals surface area contributed by atoms with Crippen LogP contribution in [0, 0.1) is 0 Å². The summed E-state index contributed by atoms with van der Waals surface area (Å²) in [4.78, 5) is 26.0. The Morgan fingerprint density at radius 1 is 0.972 bits per heavy atom. The Hall–Kier alpha value is -4.30. The zero-order valence-corrected chi connectivity index (χ0v) is 20.8. The summed E-state index contributed by atoms with van der Waals surface area (Å²) in [6.45, 7) is 4.73. The zero-order chi connectivity index (χ0) is 26.3. The van der Waals surface area contributed by atoms with E-state index in [0.717, 1.165) is 22.2 Å². The van der Waals surface area contributed by atoms with Gasteiger partial charge in [-0.15, -0.1) is 0 Å². The van der Waals surface area contributed by atoms with Crippen molar-refractivity contribution in [1.29, 1.82) is 0 Å². The van der Waals surface area contributed by atoms with Gasteiger partial charge in [0.25, 0.3) is 5.91 Å². The number of nitrogens with one attached hydrogen (secondary N) is 2. The first kappa shape index (κ1) is 26.3. The van der Waals surface area contributed by atoms with Gasteiger partial charge >= 0.3 is 5.97 Å². The van der Waals surface area contributed by atoms with Crippen molar-refractivity contribution in [1.82, 2.24) is 4.98 Å². The number of carbonyl (C=O) groups is 2. The van der Waals surface area contributed by atoms with Gasteiger partial charge in [0.1, 0.15) is 0 Å². The molecule has 0 fully saturated rings. The number of nitrogens with two attached hydrogens (primary N) is 1. The number of anilines is 1. The minimum Gasteiger partial charge on any atom is -0.493 e. The van der Waals surface area contributed by atoms with Crippen molar-refractivity contribution in [3.8, 4) is 11.5 Å². The van der Waals surface area contributed by atoms with Crippen LogP contribution in [0.15, 0.2) is 72.9 Å². The fourth-order valence-corrected chi connectivity index (χ4v) is 3.58. The highest BCUT2D eigenvalue weighted by atomic mass is 16.5. The SMILES string of the molecule is COc1ccc(C(=O)Nc2ccc(C(C)(C)CN)cc2)cc1OC.O=C(O)c1cccc2[nH]ccc12. The number of ether oxygens (including phenoxy) is 2. The second-order valence-corrected chi connectivity index (χ2v) is 8.74. The summed E-state index contributed by atoms with van der Waals surface area (Å²) in [5.41, 5.74) is 9.26. The number of benzene rings is 3. The summed E-state index contributed by atoms with van der Waals surface area (Å²) >= 11 is 0. The topological polar surface area (TPSA) is 127 Å². The van der Waals surface area contributed by atoms with Crippen molar-refractivity contribution in [2.24, 2.45) is 5.73 Å². The number of fused-ring (bicyclic) bond motifs is 1. The minimum atomic E-state index is -0.889. The molecular weight excluding hydrogens is 458 g/mol. The number of H-pyrrole nitrogens is 1. The average Bonchev–Trinajstić information content (AvgIpc) is 3.38. The molecule has 0 atom stereocenters. The lowest BCUT2D eigenvalue weighted by Crippen LogP contribution is -2.27. The highest BCUT2D eigenvalue weighted by Gasteiger charge is 2.18. The molecule has 0 aliphatic rings. The van der Waals surface area contributed by atoms with Gasteiger partial charge in [0.15, 0.2) is 11.5 Å². The molecule has 188 valence electrons. The highest BCUT2D eigenvalue weighted by Crippen LogP contribution is 2.28. The Labute approximate surface area is 210 Å². The van der Waals surface area contributed by atoms with Gasteiger partial charge < -0.3 is 30.6 Å². The predicted molar refractivity (Wildman–Crippen MR) is 141 cm³/mol. The second-order valence-electron chi connectivity index (χ2n) is 8.74. The summed E-state index contributed by atoms with van der Waals surface area (Å²) < 4.78 is 10.4. The number of methoxy groups -OCH3 is 2. The molecule has 4 aromatic rings. The van der Waals surface area contributed by atoms with Gasteiger partial charge in [0, 0.05) is 40.3 Å². The molecular formula is C28H31N3O5. The van der Waals surface area contributed by atoms with Gasteiger partial charge in [-0.2, -0.15) is 0 Å². The lowest BCUT2D eigenvalue weighted by molar-refractivity contribution is 0.0698. The number of aromatic amines is 1. The molecule has 0 radical (unpaired) electrons. The summed E-state index contributed by atoms with van der Waals surface area (Å²) in [5, 5.41) is 12.4. The maximum absolute atomic E-state index is 12.4. The van der Waals surface area contributed by atoms with E-state index in [9.17, 15) is 9.59 Å². The van der Waals surface area contributed by atoms with Crippen LogP contribution in [-0.2, 0) is 5.41 Å². The normalized spacial score (nSPS) is 10.8. The maximum atomic E-state index is 12.4. The number of hydrogen-bond donors (Lipinski definition) is 4. The molecule has 5 N–H and O–H groups in total. The van der Waals surface area contributed by atoms with Crippen LogP contribution >= 0.6 is 0 Å². The number of carboxylic acid groups (broad SMARTS) is 1. The van der Waals surface area contributed by atoms with Gasteiger partial charge in [-0.05, 0) is 54.1 Å². The van der Waals surface area contributed by atoms with Crippen molar-refractivity contribution >= 4 is 28.5 Å². The molecule has 1 amide bonds. The molecule has 0 aliphatic heterocycles. The molecule has 0 bridgehead atoms. The summed E-state index contributed by atoms with van der Waals surface area (Å²) in [6.07, 6.45) is 1.73. The Morgan fingerprint density at radius 3 is 2.28 bits per heavy atom. The van der Waals surface area contributed by atoms with Gasteiger partial charge in [-0.25, -0.2) is 4.79 Å². The van der Waals surface area contributed by atoms with E-state index in [4.69, 9.17) is 20.3 Å². The first-order valence-corrected chi connectivity index (χ1v) is 11.3. The highest BCUT2D eigenvalue weighted by molar-refractivity contribution is 6.04. The van der Waals surface area contributed by atoms with Gasteiger partial charge in [-0.3, -0.25) is 4.79 Å². The average molecular weight is 490 g/mol. The van der Waals surface area contributed by atoms with E-state index in [0.29, 0.717) is 29.2 Å². The van der Waals surface area contributed by atoms with Crippen LogP contribution in [0.3, 0.4) is 0 Å². The van der Waals surface area contributed by atoms with Crippen LogP contribution in [0.2, 0.25) is 0 Å². The Morgan fingerprint density at radius 2 is 1.67 bits per heavy atom. The number of aromatic nitrogens is 1. The fourth-order valence-electron chi connectivity index (χ4n) is 3.58. The molecule has 36 heavy (non-hydrogen) atoms. The molecule has 1 aromatic heterocycles. The van der Waals surface area contributed by atoms with Crippen molar-refractivity contribution in [2.75, 3.05) is 26.1 Å². The maximum Gasteiger partial charge on any atom is 0.336 e. The largest absolute Gasteiger partial charge is 0.493 e. The Kier molecular flexibility index (Phi) is 8.34. The standard InChI is InChI=1S/C19H24N2O3.C9H7NO2/c1-19(2,12-20)14-6-8-15(9-7-14)21-18(22)13-5-10-16(23-3)17(11-13)24-4;11-9(12)7-2-1-3-8-6(7)4-5-10-8/h5-11H,12,20H2,1-4H3,(H,21,22);1-5,10H,(H,11,12). The van der Waals surface area contributed by atoms with E-state index in [1.807, 2.05) is 30.3 Å². The summed E-state index contributed by atoms with van der Waals surface area (Å²) in [5.74, 6) is 0.00889. The van der Waals surface area contributed by atoms with E-state index in [2.05, 4.69) is 24.1 Å². The first-order chi connectivity index (χ1) is 17.2. The number of aromatic carboxylic acids is 1. The summed E-state index contributed by atoms with van der Waals surface area (Å²) in [7, 11) is 3.10. The molecule has 8 heteroatoms. The smallest absolute Gasteiger partial charge is 0.336 e. The van der Waals surface area contributed by atoms with Crippen LogP contribution in [0.4, 0.5) is 5.69 Å². The zero-order valence-electron chi connectivity index (χ0n) is 20.8. The van der Waals surface area contributed by atoms with Crippen molar-refractivity contribution < 1.29 is 24.2 Å². The molecule has 0 unspecified atom stereocenters. The van der Waals surface area contributed by atoms with E-state index in [1.165, 1.54) is 7.11 Å². The first-order valence-electron chi connectivity index (χ1n) is 11.3. The molecule has 0 saturated heterocycles. The third-order valence-corrected chi connectivity index (χ3v) is 5.91. The molecule has 0 aliphatic carbocycles. The molecule has 4 rings (SSSR count). The van der Waals surface area contributed by atoms with E-state index < -0.39 is 5.97 Å². The van der Waals surface area contributed by atoms with Crippen LogP contribution in [-0.4, -0.2) is 42.7 Å². The monoisotopic (exact) mass is 489 g/mol. The second kappa shape index (κ2) is 11.4. The van der Waals surface area contributed by atoms with Crippen molar-refractivity contribution in [3.63, 3.8) is 0 Å². The van der Waals surface area contributed by atoms with Gasteiger partial charge in [0.05, 0.1) is 19.8 Å². The lowest BCUT2D eigenvalue weighted by Gasteiger charge is -2.23. The van der Waals surface area contributed by atoms with Crippen LogP contribution in [0.25, 0.3) is 10.9 Å². The number of hydrogen-bond acceptors (Lipinski definition) is 5. The number of carbonyl (C=O) groups excluding carboxylic acids is 1. The summed E-state index contributed by atoms with van der Waals surface area (Å²) in [6, 6.07) is 19.7. The third-order valence-electron chi connectivity index (χ3n) is 5.91. The predicted octanol–water partition coefficient (Wildman–Crippen LogP) is 5.06. The minimum absolute atomic E-state index is 0.0914. The van der Waals surface area contributed by atoms with Gasteiger partial charge in [0.2, 0.25) is 0 Å². The van der Waals surface area contributed by atoms with Crippen LogP contribution in [0.1, 0.15) is 40.1 Å². The van der Waals surface area contributed by atoms with E-state index >= 15 is 0 Å².